The van der Waals surface area contributed by atoms with E-state index in [0.29, 0.717) is 19.1 Å². The molecule has 0 radical (unpaired) electrons. The molecule has 108 valence electrons. The van der Waals surface area contributed by atoms with Gasteiger partial charge in [0.15, 0.2) is 0 Å². The predicted molar refractivity (Wildman–Crippen MR) is 80.2 cm³/mol. The van der Waals surface area contributed by atoms with E-state index >= 15 is 0 Å². The van der Waals surface area contributed by atoms with Crippen LogP contribution in [0.3, 0.4) is 0 Å². The number of hydrogen-bond acceptors (Lipinski definition) is 3. The molecule has 0 saturated carbocycles. The maximum Gasteiger partial charge on any atom is 0.129 e. The molecule has 0 atom stereocenters. The molecule has 2 rings (SSSR count). The van der Waals surface area contributed by atoms with Gasteiger partial charge in [-0.3, -0.25) is 0 Å². The van der Waals surface area contributed by atoms with Gasteiger partial charge in [0.2, 0.25) is 0 Å². The molecule has 0 unspecified atom stereocenters. The maximum absolute atomic E-state index is 5.72. The van der Waals surface area contributed by atoms with Crippen LogP contribution in [0.2, 0.25) is 0 Å². The van der Waals surface area contributed by atoms with Crippen molar-refractivity contribution in [1.29, 1.82) is 0 Å². The second-order valence-electron chi connectivity index (χ2n) is 5.37. The first kappa shape index (κ1) is 14.8. The van der Waals surface area contributed by atoms with Crippen LogP contribution in [0.1, 0.15) is 30.9 Å². The van der Waals surface area contributed by atoms with E-state index in [9.17, 15) is 0 Å². The molecule has 0 saturated heterocycles. The maximum atomic E-state index is 5.72. The number of furan rings is 1. The topological polar surface area (TPSA) is 34.4 Å². The largest absolute Gasteiger partial charge is 0.462 e. The highest BCUT2D eigenvalue weighted by atomic mass is 16.5. The van der Waals surface area contributed by atoms with Crippen molar-refractivity contribution in [3.05, 3.63) is 59.5 Å². The van der Waals surface area contributed by atoms with Crippen LogP contribution >= 0.6 is 0 Å². The van der Waals surface area contributed by atoms with Crippen molar-refractivity contribution in [2.45, 2.75) is 33.6 Å². The smallest absolute Gasteiger partial charge is 0.129 e. The highest BCUT2D eigenvalue weighted by Crippen LogP contribution is 2.10. The normalized spacial score (nSPS) is 11.2. The third kappa shape index (κ3) is 5.19. The molecule has 1 heterocycles. The first-order valence-corrected chi connectivity index (χ1v) is 7.14. The Bertz CT molecular complexity index is 491. The average Bonchev–Trinajstić information content (AvgIpc) is 2.87. The zero-order valence-corrected chi connectivity index (χ0v) is 12.3. The van der Waals surface area contributed by atoms with E-state index < -0.39 is 0 Å². The molecule has 0 amide bonds. The molecular formula is C17H23NO2. The van der Waals surface area contributed by atoms with E-state index in [1.807, 2.05) is 30.3 Å². The van der Waals surface area contributed by atoms with Gasteiger partial charge < -0.3 is 14.5 Å². The number of benzene rings is 1. The molecular weight excluding hydrogens is 250 g/mol. The molecule has 3 heteroatoms. The lowest BCUT2D eigenvalue weighted by Gasteiger charge is -2.05. The van der Waals surface area contributed by atoms with Gasteiger partial charge in [0.05, 0.1) is 13.2 Å². The Balaban J connectivity index is 1.70. The van der Waals surface area contributed by atoms with Crippen LogP contribution in [-0.4, -0.2) is 6.54 Å². The Kier molecular flexibility index (Phi) is 5.84. The number of hydrogen-bond donors (Lipinski definition) is 1. The average molecular weight is 273 g/mol. The number of rotatable bonds is 8. The van der Waals surface area contributed by atoms with Crippen molar-refractivity contribution in [2.24, 2.45) is 5.92 Å². The van der Waals surface area contributed by atoms with E-state index in [2.05, 4.69) is 31.3 Å². The van der Waals surface area contributed by atoms with Gasteiger partial charge in [-0.05, 0) is 30.2 Å². The van der Waals surface area contributed by atoms with Crippen LogP contribution in [-0.2, 0) is 24.5 Å². The second kappa shape index (κ2) is 7.88. The lowest BCUT2D eigenvalue weighted by atomic mass is 10.2. The van der Waals surface area contributed by atoms with Gasteiger partial charge in [0, 0.05) is 0 Å². The van der Waals surface area contributed by atoms with Crippen LogP contribution in [0.4, 0.5) is 0 Å². The Morgan fingerprint density at radius 3 is 2.50 bits per heavy atom. The Morgan fingerprint density at radius 2 is 1.75 bits per heavy atom. The summed E-state index contributed by atoms with van der Waals surface area (Å²) >= 11 is 0. The van der Waals surface area contributed by atoms with Gasteiger partial charge in [0.25, 0.3) is 0 Å². The van der Waals surface area contributed by atoms with Crippen LogP contribution in [0, 0.1) is 5.92 Å². The fraction of sp³-hybridized carbons (Fsp3) is 0.412. The summed E-state index contributed by atoms with van der Waals surface area (Å²) in [5.41, 5.74) is 1.18. The standard InChI is InChI=1S/C17H23NO2/c1-14(2)10-18-11-16-8-9-17(20-16)13-19-12-15-6-4-3-5-7-15/h3-9,14,18H,10-13H2,1-2H3. The molecule has 0 spiro atoms. The van der Waals surface area contributed by atoms with Crippen molar-refractivity contribution in [2.75, 3.05) is 6.54 Å². The molecule has 0 fully saturated rings. The Hall–Kier alpha value is -1.58. The summed E-state index contributed by atoms with van der Waals surface area (Å²) in [5, 5.41) is 3.36. The quantitative estimate of drug-likeness (QED) is 0.795. The Labute approximate surface area is 121 Å². The van der Waals surface area contributed by atoms with E-state index in [0.717, 1.165) is 24.6 Å². The molecule has 1 N–H and O–H groups in total. The summed E-state index contributed by atoms with van der Waals surface area (Å²) in [5.74, 6) is 2.49. The monoisotopic (exact) mass is 273 g/mol. The van der Waals surface area contributed by atoms with Gasteiger partial charge in [-0.15, -0.1) is 0 Å². The van der Waals surface area contributed by atoms with E-state index in [-0.39, 0.29) is 0 Å². The summed E-state index contributed by atoms with van der Waals surface area (Å²) in [6, 6.07) is 14.2. The first-order valence-electron chi connectivity index (χ1n) is 7.14. The van der Waals surface area contributed by atoms with E-state index in [4.69, 9.17) is 9.15 Å². The van der Waals surface area contributed by atoms with Crippen molar-refractivity contribution < 1.29 is 9.15 Å². The molecule has 1 aromatic carbocycles. The van der Waals surface area contributed by atoms with Crippen molar-refractivity contribution in [3.63, 3.8) is 0 Å². The summed E-state index contributed by atoms with van der Waals surface area (Å²) in [6.45, 7) is 7.29. The lowest BCUT2D eigenvalue weighted by molar-refractivity contribution is 0.0920. The van der Waals surface area contributed by atoms with E-state index in [1.54, 1.807) is 0 Å². The SMILES string of the molecule is CC(C)CNCc1ccc(COCc2ccccc2)o1. The molecule has 1 aromatic heterocycles. The molecule has 2 aromatic rings. The van der Waals surface area contributed by atoms with Crippen molar-refractivity contribution >= 4 is 0 Å². The van der Waals surface area contributed by atoms with Crippen LogP contribution in [0.5, 0.6) is 0 Å². The summed E-state index contributed by atoms with van der Waals surface area (Å²) in [6.07, 6.45) is 0. The minimum absolute atomic E-state index is 0.513. The molecule has 0 bridgehead atoms. The number of ether oxygens (including phenoxy) is 1. The minimum atomic E-state index is 0.513. The molecule has 0 aliphatic rings. The van der Waals surface area contributed by atoms with Gasteiger partial charge in [0.1, 0.15) is 18.1 Å². The highest BCUT2D eigenvalue weighted by molar-refractivity contribution is 5.13. The highest BCUT2D eigenvalue weighted by Gasteiger charge is 2.03. The summed E-state index contributed by atoms with van der Waals surface area (Å²) < 4.78 is 11.4. The number of nitrogens with one attached hydrogen (secondary N) is 1. The molecule has 3 nitrogen and oxygen atoms in total. The molecule has 0 aliphatic heterocycles. The molecule has 0 aliphatic carbocycles. The van der Waals surface area contributed by atoms with Gasteiger partial charge in [-0.25, -0.2) is 0 Å². The van der Waals surface area contributed by atoms with Crippen molar-refractivity contribution in [1.82, 2.24) is 5.32 Å². The lowest BCUT2D eigenvalue weighted by Crippen LogP contribution is -2.18. The zero-order chi connectivity index (χ0) is 14.2. The fourth-order valence-corrected chi connectivity index (χ4v) is 1.92. The minimum Gasteiger partial charge on any atom is -0.462 e. The molecule has 20 heavy (non-hydrogen) atoms. The van der Waals surface area contributed by atoms with Crippen molar-refractivity contribution in [3.8, 4) is 0 Å². The summed E-state index contributed by atoms with van der Waals surface area (Å²) in [7, 11) is 0. The van der Waals surface area contributed by atoms with Crippen LogP contribution in [0.25, 0.3) is 0 Å². The third-order valence-corrected chi connectivity index (χ3v) is 2.92. The third-order valence-electron chi connectivity index (χ3n) is 2.92. The van der Waals surface area contributed by atoms with Gasteiger partial charge in [-0.1, -0.05) is 44.2 Å². The fourth-order valence-electron chi connectivity index (χ4n) is 1.92. The zero-order valence-electron chi connectivity index (χ0n) is 12.3. The first-order chi connectivity index (χ1) is 9.74. The summed E-state index contributed by atoms with van der Waals surface area (Å²) in [4.78, 5) is 0. The van der Waals surface area contributed by atoms with Gasteiger partial charge >= 0.3 is 0 Å². The Morgan fingerprint density at radius 1 is 1.00 bits per heavy atom. The van der Waals surface area contributed by atoms with Crippen LogP contribution in [0.15, 0.2) is 46.9 Å². The van der Waals surface area contributed by atoms with Crippen LogP contribution < -0.4 is 5.32 Å². The second-order valence-corrected chi connectivity index (χ2v) is 5.37. The van der Waals surface area contributed by atoms with E-state index in [1.165, 1.54) is 5.56 Å². The van der Waals surface area contributed by atoms with Gasteiger partial charge in [-0.2, -0.15) is 0 Å². The predicted octanol–water partition coefficient (Wildman–Crippen LogP) is 3.74.